The van der Waals surface area contributed by atoms with Crippen LogP contribution < -0.4 is 10.8 Å². The summed E-state index contributed by atoms with van der Waals surface area (Å²) < 4.78 is 27.9. The number of tetrazole rings is 1. The van der Waals surface area contributed by atoms with E-state index in [4.69, 9.17) is 9.31 Å². The molecule has 3 rings (SSSR count). The number of hydrogen-bond acceptors (Lipinski definition) is 6. The van der Waals surface area contributed by atoms with Crippen LogP contribution in [0.1, 0.15) is 34.6 Å². The van der Waals surface area contributed by atoms with Crippen LogP contribution in [-0.4, -0.2) is 44.6 Å². The molecule has 25 heavy (non-hydrogen) atoms. The molecular weight excluding hydrogens is 324 g/mol. The molecule has 0 saturated carbocycles. The van der Waals surface area contributed by atoms with E-state index in [1.807, 2.05) is 34.6 Å². The first kappa shape index (κ1) is 17.8. The van der Waals surface area contributed by atoms with Crippen molar-refractivity contribution in [3.63, 3.8) is 0 Å². The SMILES string of the molecule is C[C@@H](Cn1cnnn1)Nc1cc(B2OC(C)(C)C(C)(C)O2)ccc1F. The zero-order chi connectivity index (χ0) is 18.2. The van der Waals surface area contributed by atoms with E-state index in [2.05, 4.69) is 20.8 Å². The lowest BCUT2D eigenvalue weighted by Gasteiger charge is -2.32. The third-order valence-electron chi connectivity index (χ3n) is 4.77. The lowest BCUT2D eigenvalue weighted by atomic mass is 9.79. The zero-order valence-electron chi connectivity index (χ0n) is 15.2. The summed E-state index contributed by atoms with van der Waals surface area (Å²) in [5.74, 6) is -0.330. The summed E-state index contributed by atoms with van der Waals surface area (Å²) in [6.45, 7) is 10.4. The molecule has 0 radical (unpaired) electrons. The Morgan fingerprint density at radius 3 is 2.52 bits per heavy atom. The van der Waals surface area contributed by atoms with E-state index in [9.17, 15) is 4.39 Å². The van der Waals surface area contributed by atoms with Gasteiger partial charge in [0.05, 0.1) is 23.4 Å². The van der Waals surface area contributed by atoms with Crippen molar-refractivity contribution in [3.8, 4) is 0 Å². The zero-order valence-corrected chi connectivity index (χ0v) is 15.2. The van der Waals surface area contributed by atoms with Crippen molar-refractivity contribution in [2.45, 2.75) is 58.4 Å². The molecule has 134 valence electrons. The highest BCUT2D eigenvalue weighted by molar-refractivity contribution is 6.62. The number of halogens is 1. The van der Waals surface area contributed by atoms with E-state index in [0.29, 0.717) is 12.2 Å². The standard InChI is InChI=1S/C16H23BFN5O2/c1-11(9-23-10-19-21-22-23)20-14-8-12(6-7-13(14)18)17-24-15(2,3)16(4,5)25-17/h6-8,10-11,20H,9H2,1-5H3/t11-/m0/s1. The van der Waals surface area contributed by atoms with Gasteiger partial charge in [-0.2, -0.15) is 0 Å². The van der Waals surface area contributed by atoms with Crippen molar-refractivity contribution in [1.29, 1.82) is 0 Å². The molecule has 1 fully saturated rings. The molecule has 0 spiro atoms. The van der Waals surface area contributed by atoms with Crippen molar-refractivity contribution in [2.24, 2.45) is 0 Å². The van der Waals surface area contributed by atoms with Gasteiger partial charge in [-0.15, -0.1) is 5.10 Å². The highest BCUT2D eigenvalue weighted by Crippen LogP contribution is 2.36. The van der Waals surface area contributed by atoms with Crippen LogP contribution in [0, 0.1) is 5.82 Å². The first-order valence-corrected chi connectivity index (χ1v) is 8.30. The van der Waals surface area contributed by atoms with Gasteiger partial charge in [0, 0.05) is 6.04 Å². The average Bonchev–Trinajstić information content (AvgIpc) is 3.07. The lowest BCUT2D eigenvalue weighted by Crippen LogP contribution is -2.41. The molecule has 1 saturated heterocycles. The molecule has 1 aromatic heterocycles. The van der Waals surface area contributed by atoms with Gasteiger partial charge in [0.1, 0.15) is 12.1 Å². The molecule has 9 heteroatoms. The molecule has 7 nitrogen and oxygen atoms in total. The summed E-state index contributed by atoms with van der Waals surface area (Å²) in [4.78, 5) is 0. The first-order valence-electron chi connectivity index (χ1n) is 8.30. The second-order valence-corrected chi connectivity index (χ2v) is 7.40. The van der Waals surface area contributed by atoms with Crippen molar-refractivity contribution in [2.75, 3.05) is 5.32 Å². The number of rotatable bonds is 5. The van der Waals surface area contributed by atoms with Gasteiger partial charge < -0.3 is 14.6 Å². The van der Waals surface area contributed by atoms with Crippen LogP contribution in [0.5, 0.6) is 0 Å². The molecule has 1 aliphatic heterocycles. The Morgan fingerprint density at radius 2 is 1.92 bits per heavy atom. The van der Waals surface area contributed by atoms with Crippen LogP contribution in [0.2, 0.25) is 0 Å². The maximum atomic E-state index is 14.2. The van der Waals surface area contributed by atoms with Crippen molar-refractivity contribution in [1.82, 2.24) is 20.2 Å². The number of nitrogens with one attached hydrogen (secondary N) is 1. The largest absolute Gasteiger partial charge is 0.494 e. The van der Waals surface area contributed by atoms with Gasteiger partial charge in [-0.25, -0.2) is 9.07 Å². The van der Waals surface area contributed by atoms with E-state index in [1.54, 1.807) is 16.8 Å². The Hall–Kier alpha value is -2.00. The second kappa shape index (κ2) is 6.38. The smallest absolute Gasteiger partial charge is 0.399 e. The Bertz CT molecular complexity index is 722. The minimum absolute atomic E-state index is 0.0634. The predicted octanol–water partition coefficient (Wildman–Crippen LogP) is 1.61. The van der Waals surface area contributed by atoms with Gasteiger partial charge in [0.25, 0.3) is 0 Å². The summed E-state index contributed by atoms with van der Waals surface area (Å²) in [5.41, 5.74) is 0.296. The predicted molar refractivity (Wildman–Crippen MR) is 93.0 cm³/mol. The van der Waals surface area contributed by atoms with Gasteiger partial charge in [-0.05, 0) is 62.6 Å². The number of hydrogen-bond donors (Lipinski definition) is 1. The van der Waals surface area contributed by atoms with E-state index in [0.717, 1.165) is 5.46 Å². The fourth-order valence-corrected chi connectivity index (χ4v) is 2.63. The minimum Gasteiger partial charge on any atom is -0.399 e. The summed E-state index contributed by atoms with van der Waals surface area (Å²) in [7, 11) is -0.527. The normalized spacial score (nSPS) is 19.8. The van der Waals surface area contributed by atoms with Crippen molar-refractivity contribution >= 4 is 18.3 Å². The number of anilines is 1. The summed E-state index contributed by atoms with van der Waals surface area (Å²) in [5, 5.41) is 14.1. The Kier molecular flexibility index (Phi) is 4.55. The Labute approximate surface area is 147 Å². The average molecular weight is 347 g/mol. The molecule has 2 aromatic rings. The fraction of sp³-hybridized carbons (Fsp3) is 0.562. The van der Waals surface area contributed by atoms with Crippen LogP contribution in [0.3, 0.4) is 0 Å². The minimum atomic E-state index is -0.527. The molecule has 1 aromatic carbocycles. The van der Waals surface area contributed by atoms with Crippen molar-refractivity contribution in [3.05, 3.63) is 30.3 Å². The summed E-state index contributed by atoms with van der Waals surface area (Å²) >= 11 is 0. The molecule has 2 heterocycles. The van der Waals surface area contributed by atoms with Gasteiger partial charge >= 0.3 is 7.12 Å². The fourth-order valence-electron chi connectivity index (χ4n) is 2.63. The first-order chi connectivity index (χ1) is 11.7. The van der Waals surface area contributed by atoms with Gasteiger partial charge in [-0.1, -0.05) is 6.07 Å². The molecule has 1 atom stereocenters. The van der Waals surface area contributed by atoms with Gasteiger partial charge in [-0.3, -0.25) is 0 Å². The summed E-state index contributed by atoms with van der Waals surface area (Å²) in [6.07, 6.45) is 1.52. The molecule has 1 aliphatic rings. The maximum absolute atomic E-state index is 14.2. The Morgan fingerprint density at radius 1 is 1.24 bits per heavy atom. The second-order valence-electron chi connectivity index (χ2n) is 7.40. The number of aromatic nitrogens is 4. The number of nitrogens with zero attached hydrogens (tertiary/aromatic N) is 4. The third-order valence-corrected chi connectivity index (χ3v) is 4.77. The molecule has 0 aliphatic carbocycles. The highest BCUT2D eigenvalue weighted by Gasteiger charge is 2.51. The van der Waals surface area contributed by atoms with E-state index < -0.39 is 18.3 Å². The molecule has 0 bridgehead atoms. The van der Waals surface area contributed by atoms with Crippen LogP contribution in [0.4, 0.5) is 10.1 Å². The summed E-state index contributed by atoms with van der Waals surface area (Å²) in [6, 6.07) is 4.78. The molecule has 0 amide bonds. The molecular formula is C16H23BFN5O2. The topological polar surface area (TPSA) is 74.1 Å². The van der Waals surface area contributed by atoms with E-state index in [1.165, 1.54) is 12.4 Å². The third kappa shape index (κ3) is 3.67. The van der Waals surface area contributed by atoms with E-state index >= 15 is 0 Å². The van der Waals surface area contributed by atoms with Crippen LogP contribution >= 0.6 is 0 Å². The van der Waals surface area contributed by atoms with Gasteiger partial charge in [0.15, 0.2) is 0 Å². The lowest BCUT2D eigenvalue weighted by molar-refractivity contribution is 0.00578. The number of benzene rings is 1. The van der Waals surface area contributed by atoms with Gasteiger partial charge in [0.2, 0.25) is 0 Å². The van der Waals surface area contributed by atoms with Crippen LogP contribution in [0.25, 0.3) is 0 Å². The van der Waals surface area contributed by atoms with E-state index in [-0.39, 0.29) is 11.9 Å². The van der Waals surface area contributed by atoms with Crippen LogP contribution in [-0.2, 0) is 15.9 Å². The Balaban J connectivity index is 1.75. The molecule has 0 unspecified atom stereocenters. The maximum Gasteiger partial charge on any atom is 0.494 e. The van der Waals surface area contributed by atoms with Crippen LogP contribution in [0.15, 0.2) is 24.5 Å². The highest BCUT2D eigenvalue weighted by atomic mass is 19.1. The monoisotopic (exact) mass is 347 g/mol. The quantitative estimate of drug-likeness (QED) is 0.829. The van der Waals surface area contributed by atoms with Crippen molar-refractivity contribution < 1.29 is 13.7 Å². The molecule has 1 N–H and O–H groups in total.